The molecule has 0 radical (unpaired) electrons. The summed E-state index contributed by atoms with van der Waals surface area (Å²) in [5.41, 5.74) is 5.51. The predicted octanol–water partition coefficient (Wildman–Crippen LogP) is 2.95. The fourth-order valence-electron chi connectivity index (χ4n) is 2.09. The van der Waals surface area contributed by atoms with Crippen LogP contribution in [0.5, 0.6) is 11.5 Å². The number of rotatable bonds is 6. The Hall–Kier alpha value is -3.02. The standard InChI is InChI=1S/C19H22N2O4/c1-4-13(2)25-15-11-9-14(10-12-15)18(22)20-21-19(23)16-7-5-6-8-17(16)24-3/h5-13H,4H2,1-3H3,(H,20,22)(H,21,23). The highest BCUT2D eigenvalue weighted by molar-refractivity contribution is 6.00. The maximum atomic E-state index is 12.1. The van der Waals surface area contributed by atoms with Crippen LogP contribution in [0.4, 0.5) is 0 Å². The van der Waals surface area contributed by atoms with E-state index in [0.29, 0.717) is 22.6 Å². The molecular formula is C19H22N2O4. The average Bonchev–Trinajstić information content (AvgIpc) is 2.66. The average molecular weight is 342 g/mol. The molecule has 6 heteroatoms. The molecule has 0 aliphatic carbocycles. The second-order valence-electron chi connectivity index (χ2n) is 5.47. The number of benzene rings is 2. The molecule has 132 valence electrons. The molecule has 0 saturated heterocycles. The summed E-state index contributed by atoms with van der Waals surface area (Å²) in [7, 11) is 1.48. The summed E-state index contributed by atoms with van der Waals surface area (Å²) in [5.74, 6) is 0.255. The van der Waals surface area contributed by atoms with Gasteiger partial charge in [-0.05, 0) is 49.7 Å². The van der Waals surface area contributed by atoms with E-state index >= 15 is 0 Å². The number of nitrogens with one attached hydrogen (secondary N) is 2. The van der Waals surface area contributed by atoms with Gasteiger partial charge in [-0.25, -0.2) is 0 Å². The van der Waals surface area contributed by atoms with Crippen molar-refractivity contribution in [3.8, 4) is 11.5 Å². The molecule has 0 bridgehead atoms. The van der Waals surface area contributed by atoms with Gasteiger partial charge in [0.15, 0.2) is 0 Å². The highest BCUT2D eigenvalue weighted by Gasteiger charge is 2.13. The third-order valence-corrected chi connectivity index (χ3v) is 3.67. The number of carbonyl (C=O) groups is 2. The van der Waals surface area contributed by atoms with Gasteiger partial charge in [0.25, 0.3) is 11.8 Å². The van der Waals surface area contributed by atoms with Crippen LogP contribution in [-0.2, 0) is 0 Å². The van der Waals surface area contributed by atoms with Gasteiger partial charge in [0, 0.05) is 5.56 Å². The lowest BCUT2D eigenvalue weighted by Crippen LogP contribution is -2.41. The van der Waals surface area contributed by atoms with Crippen LogP contribution in [-0.4, -0.2) is 25.0 Å². The van der Waals surface area contributed by atoms with Crippen LogP contribution in [0.25, 0.3) is 0 Å². The SMILES string of the molecule is CCC(C)Oc1ccc(C(=O)NNC(=O)c2ccccc2OC)cc1. The van der Waals surface area contributed by atoms with Crippen LogP contribution in [0, 0.1) is 0 Å². The van der Waals surface area contributed by atoms with Gasteiger partial charge in [-0.1, -0.05) is 19.1 Å². The van der Waals surface area contributed by atoms with Gasteiger partial charge >= 0.3 is 0 Å². The lowest BCUT2D eigenvalue weighted by Gasteiger charge is -2.13. The molecule has 0 aliphatic heterocycles. The second-order valence-corrected chi connectivity index (χ2v) is 5.47. The van der Waals surface area contributed by atoms with Gasteiger partial charge in [-0.15, -0.1) is 0 Å². The molecule has 0 saturated carbocycles. The first-order chi connectivity index (χ1) is 12.0. The van der Waals surface area contributed by atoms with Crippen molar-refractivity contribution in [2.45, 2.75) is 26.4 Å². The molecular weight excluding hydrogens is 320 g/mol. The highest BCUT2D eigenvalue weighted by Crippen LogP contribution is 2.17. The van der Waals surface area contributed by atoms with Gasteiger partial charge < -0.3 is 9.47 Å². The first kappa shape index (κ1) is 18.3. The third-order valence-electron chi connectivity index (χ3n) is 3.67. The molecule has 1 unspecified atom stereocenters. The topological polar surface area (TPSA) is 76.7 Å². The maximum absolute atomic E-state index is 12.1. The molecule has 2 amide bonds. The first-order valence-electron chi connectivity index (χ1n) is 8.05. The minimum Gasteiger partial charge on any atom is -0.496 e. The van der Waals surface area contributed by atoms with Crippen molar-refractivity contribution < 1.29 is 19.1 Å². The minimum absolute atomic E-state index is 0.111. The van der Waals surface area contributed by atoms with Gasteiger partial charge in [0.05, 0.1) is 18.8 Å². The molecule has 1 atom stereocenters. The van der Waals surface area contributed by atoms with E-state index in [9.17, 15) is 9.59 Å². The van der Waals surface area contributed by atoms with Crippen LogP contribution in [0.3, 0.4) is 0 Å². The molecule has 0 heterocycles. The summed E-state index contributed by atoms with van der Waals surface area (Å²) in [6.07, 6.45) is 1.01. The van der Waals surface area contributed by atoms with Crippen LogP contribution in [0.15, 0.2) is 48.5 Å². The smallest absolute Gasteiger partial charge is 0.273 e. The lowest BCUT2D eigenvalue weighted by atomic mass is 10.2. The molecule has 0 fully saturated rings. The van der Waals surface area contributed by atoms with E-state index in [1.54, 1.807) is 48.5 Å². The van der Waals surface area contributed by atoms with Crippen molar-refractivity contribution >= 4 is 11.8 Å². The Morgan fingerprint density at radius 2 is 1.64 bits per heavy atom. The highest BCUT2D eigenvalue weighted by atomic mass is 16.5. The quantitative estimate of drug-likeness (QED) is 0.791. The third kappa shape index (κ3) is 4.97. The van der Waals surface area contributed by atoms with Crippen molar-refractivity contribution in [3.05, 3.63) is 59.7 Å². The molecule has 2 aromatic carbocycles. The van der Waals surface area contributed by atoms with Crippen molar-refractivity contribution in [1.82, 2.24) is 10.9 Å². The molecule has 2 N–H and O–H groups in total. The van der Waals surface area contributed by atoms with Crippen LogP contribution in [0.2, 0.25) is 0 Å². The van der Waals surface area contributed by atoms with E-state index in [1.165, 1.54) is 7.11 Å². The van der Waals surface area contributed by atoms with Gasteiger partial charge in [0.2, 0.25) is 0 Å². The maximum Gasteiger partial charge on any atom is 0.273 e. The fourth-order valence-corrected chi connectivity index (χ4v) is 2.09. The summed E-state index contributed by atoms with van der Waals surface area (Å²) in [4.78, 5) is 24.3. The second kappa shape index (κ2) is 8.73. The van der Waals surface area contributed by atoms with Gasteiger partial charge in [-0.3, -0.25) is 20.4 Å². The summed E-state index contributed by atoms with van der Waals surface area (Å²) in [6, 6.07) is 13.5. The van der Waals surface area contributed by atoms with Crippen molar-refractivity contribution in [1.29, 1.82) is 0 Å². The Labute approximate surface area is 147 Å². The summed E-state index contributed by atoms with van der Waals surface area (Å²) in [5, 5.41) is 0. The van der Waals surface area contributed by atoms with E-state index < -0.39 is 11.8 Å². The number of carbonyl (C=O) groups excluding carboxylic acids is 2. The molecule has 0 aliphatic rings. The number of hydrogen-bond acceptors (Lipinski definition) is 4. The van der Waals surface area contributed by atoms with Gasteiger partial charge in [0.1, 0.15) is 11.5 Å². The van der Waals surface area contributed by atoms with Crippen molar-refractivity contribution in [2.24, 2.45) is 0 Å². The van der Waals surface area contributed by atoms with E-state index in [4.69, 9.17) is 9.47 Å². The zero-order chi connectivity index (χ0) is 18.2. The number of methoxy groups -OCH3 is 1. The summed E-state index contributed by atoms with van der Waals surface area (Å²) in [6.45, 7) is 4.02. The number of amides is 2. The van der Waals surface area contributed by atoms with Gasteiger partial charge in [-0.2, -0.15) is 0 Å². The molecule has 0 spiro atoms. The van der Waals surface area contributed by atoms with Crippen LogP contribution >= 0.6 is 0 Å². The lowest BCUT2D eigenvalue weighted by molar-refractivity contribution is 0.0845. The summed E-state index contributed by atoms with van der Waals surface area (Å²) >= 11 is 0. The molecule has 2 aromatic rings. The number of hydrazine groups is 1. The van der Waals surface area contributed by atoms with Crippen molar-refractivity contribution in [3.63, 3.8) is 0 Å². The van der Waals surface area contributed by atoms with Crippen LogP contribution in [0.1, 0.15) is 41.0 Å². The molecule has 2 rings (SSSR count). The Morgan fingerprint density at radius 3 is 2.28 bits per heavy atom. The zero-order valence-electron chi connectivity index (χ0n) is 14.5. The molecule has 6 nitrogen and oxygen atoms in total. The van der Waals surface area contributed by atoms with E-state index in [1.807, 2.05) is 13.8 Å². The van der Waals surface area contributed by atoms with Crippen molar-refractivity contribution in [2.75, 3.05) is 7.11 Å². The largest absolute Gasteiger partial charge is 0.496 e. The Kier molecular flexibility index (Phi) is 6.39. The minimum atomic E-state index is -0.456. The Bertz CT molecular complexity index is 728. The van der Waals surface area contributed by atoms with E-state index in [0.717, 1.165) is 6.42 Å². The Balaban J connectivity index is 1.94. The molecule has 0 aromatic heterocycles. The zero-order valence-corrected chi connectivity index (χ0v) is 14.5. The predicted molar refractivity (Wildman–Crippen MR) is 94.7 cm³/mol. The Morgan fingerprint density at radius 1 is 1.00 bits per heavy atom. The van der Waals surface area contributed by atoms with E-state index in [-0.39, 0.29) is 6.10 Å². The number of hydrogen-bond donors (Lipinski definition) is 2. The normalized spacial score (nSPS) is 11.3. The fraction of sp³-hybridized carbons (Fsp3) is 0.263. The number of para-hydroxylation sites is 1. The summed E-state index contributed by atoms with van der Waals surface area (Å²) < 4.78 is 10.8. The first-order valence-corrected chi connectivity index (χ1v) is 8.05. The van der Waals surface area contributed by atoms with E-state index in [2.05, 4.69) is 10.9 Å². The van der Waals surface area contributed by atoms with Crippen LogP contribution < -0.4 is 20.3 Å². The molecule has 25 heavy (non-hydrogen) atoms. The number of ether oxygens (including phenoxy) is 2. The monoisotopic (exact) mass is 342 g/mol.